The van der Waals surface area contributed by atoms with Gasteiger partial charge in [-0.25, -0.2) is 8.42 Å². The highest BCUT2D eigenvalue weighted by molar-refractivity contribution is 7.89. The molecular formula is C30H30N2O6S. The Balaban J connectivity index is 1.29. The van der Waals surface area contributed by atoms with Gasteiger partial charge in [-0.1, -0.05) is 30.3 Å². The fourth-order valence-corrected chi connectivity index (χ4v) is 9.37. The molecule has 202 valence electrons. The molecule has 3 aromatic rings. The molecule has 2 aromatic carbocycles. The minimum atomic E-state index is -3.83. The first-order valence-corrected chi connectivity index (χ1v) is 14.8. The van der Waals surface area contributed by atoms with Crippen LogP contribution in [0.2, 0.25) is 0 Å². The molecule has 7 rings (SSSR count). The number of hydrogen-bond acceptors (Lipinski definition) is 6. The number of ether oxygens (including phenoxy) is 1. The van der Waals surface area contributed by atoms with E-state index in [0.29, 0.717) is 25.7 Å². The molecule has 5 atom stereocenters. The van der Waals surface area contributed by atoms with Crippen LogP contribution in [0.1, 0.15) is 36.0 Å². The van der Waals surface area contributed by atoms with Crippen molar-refractivity contribution in [2.45, 2.75) is 59.8 Å². The number of likely N-dealkylation sites (N-methyl/N-ethyl adjacent to an activating group) is 1. The average Bonchev–Trinajstić information content (AvgIpc) is 3.57. The molecule has 1 amide bonds. The first kappa shape index (κ1) is 24.6. The van der Waals surface area contributed by atoms with E-state index in [1.54, 1.807) is 66.9 Å². The van der Waals surface area contributed by atoms with Gasteiger partial charge in [0, 0.05) is 30.8 Å². The van der Waals surface area contributed by atoms with E-state index in [1.165, 1.54) is 10.4 Å². The Labute approximate surface area is 227 Å². The Hall–Kier alpha value is -3.40. The number of furan rings is 1. The highest BCUT2D eigenvalue weighted by atomic mass is 32.2. The largest absolute Gasteiger partial charge is 0.487 e. The molecule has 1 spiro atoms. The zero-order valence-electron chi connectivity index (χ0n) is 21.6. The number of nitrogens with zero attached hydrogens (tertiary/aromatic N) is 2. The van der Waals surface area contributed by atoms with Crippen molar-refractivity contribution in [2.24, 2.45) is 0 Å². The number of sulfonamides is 1. The zero-order chi connectivity index (χ0) is 27.0. The lowest BCUT2D eigenvalue weighted by Gasteiger charge is -2.64. The maximum atomic E-state index is 13.9. The molecule has 0 unspecified atom stereocenters. The standard InChI is InChI=1S/C30H30N2O6S/c1-31(26(33)11-10-20-13-17-37-19-20)23-12-14-30(34)25-18-21-6-5-9-24-27(21)29(30,28(23)38-24)15-16-32(25)39(35,36)22-7-3-2-4-8-22/h2-11,13,17,19,23,25,28,34H,12,14-16,18H2,1H3/b11-10+/t23-,25-,28+,29+,30-/m1/s1. The maximum absolute atomic E-state index is 13.9. The second kappa shape index (κ2) is 8.55. The van der Waals surface area contributed by atoms with Crippen molar-refractivity contribution < 1.29 is 27.5 Å². The Morgan fingerprint density at radius 2 is 1.95 bits per heavy atom. The van der Waals surface area contributed by atoms with E-state index in [1.807, 2.05) is 18.2 Å². The summed E-state index contributed by atoms with van der Waals surface area (Å²) in [4.78, 5) is 15.2. The topological polar surface area (TPSA) is 100 Å². The maximum Gasteiger partial charge on any atom is 0.246 e. The van der Waals surface area contributed by atoms with Gasteiger partial charge in [0.25, 0.3) is 0 Å². The minimum Gasteiger partial charge on any atom is -0.487 e. The van der Waals surface area contributed by atoms with Gasteiger partial charge in [0.15, 0.2) is 0 Å². The normalized spacial score (nSPS) is 31.1. The number of benzene rings is 2. The van der Waals surface area contributed by atoms with E-state index in [-0.39, 0.29) is 23.4 Å². The van der Waals surface area contributed by atoms with Crippen molar-refractivity contribution in [1.82, 2.24) is 9.21 Å². The molecule has 0 radical (unpaired) electrons. The molecule has 2 aliphatic carbocycles. The number of carbonyl (C=O) groups is 1. The zero-order valence-corrected chi connectivity index (χ0v) is 22.4. The molecule has 8 nitrogen and oxygen atoms in total. The van der Waals surface area contributed by atoms with Crippen LogP contribution < -0.4 is 4.74 Å². The van der Waals surface area contributed by atoms with Crippen molar-refractivity contribution in [1.29, 1.82) is 0 Å². The molecule has 9 heteroatoms. The van der Waals surface area contributed by atoms with Gasteiger partial charge in [-0.05, 0) is 61.6 Å². The van der Waals surface area contributed by atoms with Crippen molar-refractivity contribution in [3.63, 3.8) is 0 Å². The summed E-state index contributed by atoms with van der Waals surface area (Å²) in [6, 6.07) is 15.2. The predicted molar refractivity (Wildman–Crippen MR) is 143 cm³/mol. The third-order valence-corrected chi connectivity index (χ3v) is 11.4. The summed E-state index contributed by atoms with van der Waals surface area (Å²) in [7, 11) is -2.05. The summed E-state index contributed by atoms with van der Waals surface area (Å²) < 4.78 is 40.9. The molecule has 1 N–H and O–H groups in total. The van der Waals surface area contributed by atoms with Crippen LogP contribution in [0.15, 0.2) is 82.5 Å². The number of piperidine rings is 1. The van der Waals surface area contributed by atoms with E-state index in [9.17, 15) is 18.3 Å². The smallest absolute Gasteiger partial charge is 0.246 e. The van der Waals surface area contributed by atoms with Gasteiger partial charge in [-0.2, -0.15) is 4.31 Å². The van der Waals surface area contributed by atoms with Gasteiger partial charge in [0.2, 0.25) is 15.9 Å². The van der Waals surface area contributed by atoms with Gasteiger partial charge in [0.1, 0.15) is 11.9 Å². The molecule has 4 aliphatic rings. The minimum absolute atomic E-state index is 0.167. The van der Waals surface area contributed by atoms with Crippen LogP contribution in [-0.4, -0.2) is 66.0 Å². The van der Waals surface area contributed by atoms with Gasteiger partial charge in [0.05, 0.1) is 40.5 Å². The van der Waals surface area contributed by atoms with E-state index >= 15 is 0 Å². The number of carbonyl (C=O) groups excluding carboxylic acids is 1. The lowest BCUT2D eigenvalue weighted by molar-refractivity contribution is -0.186. The second-order valence-corrected chi connectivity index (χ2v) is 13.0. The third kappa shape index (κ3) is 3.30. The molecule has 1 aromatic heterocycles. The number of hydrogen-bond donors (Lipinski definition) is 1. The quantitative estimate of drug-likeness (QED) is 0.493. The molecule has 1 saturated heterocycles. The van der Waals surface area contributed by atoms with E-state index in [4.69, 9.17) is 9.15 Å². The van der Waals surface area contributed by atoms with E-state index < -0.39 is 33.2 Å². The fraction of sp³-hybridized carbons (Fsp3) is 0.367. The summed E-state index contributed by atoms with van der Waals surface area (Å²) in [5.74, 6) is 0.565. The molecule has 2 fully saturated rings. The molecule has 3 heterocycles. The SMILES string of the molecule is CN(C(=O)/C=C/c1ccoc1)[C@@H]1CC[C@@]2(O)[C@H]3Cc4cccc5c4[C@@]2(CCN3S(=O)(=O)c2ccccc2)[C@H]1O5. The molecule has 2 bridgehead atoms. The molecule has 1 saturated carbocycles. The summed E-state index contributed by atoms with van der Waals surface area (Å²) in [6.07, 6.45) is 7.54. The van der Waals surface area contributed by atoms with Crippen LogP contribution in [0.25, 0.3) is 6.08 Å². The van der Waals surface area contributed by atoms with Gasteiger partial charge >= 0.3 is 0 Å². The summed E-state index contributed by atoms with van der Waals surface area (Å²) in [5, 5.41) is 12.6. The summed E-state index contributed by atoms with van der Waals surface area (Å²) in [5.41, 5.74) is 0.655. The monoisotopic (exact) mass is 546 g/mol. The number of aliphatic hydroxyl groups is 1. The number of amides is 1. The summed E-state index contributed by atoms with van der Waals surface area (Å²) in [6.45, 7) is 0.266. The molecule has 2 aliphatic heterocycles. The Bertz CT molecular complexity index is 1570. The van der Waals surface area contributed by atoms with Gasteiger partial charge in [-0.15, -0.1) is 0 Å². The van der Waals surface area contributed by atoms with Crippen LogP contribution >= 0.6 is 0 Å². The third-order valence-electron chi connectivity index (χ3n) is 9.44. The molecular weight excluding hydrogens is 516 g/mol. The highest BCUT2D eigenvalue weighted by Gasteiger charge is 2.74. The van der Waals surface area contributed by atoms with Crippen LogP contribution in [0.5, 0.6) is 5.75 Å². The van der Waals surface area contributed by atoms with Crippen molar-refractivity contribution in [3.8, 4) is 5.75 Å². The highest BCUT2D eigenvalue weighted by Crippen LogP contribution is 2.64. The lowest BCUT2D eigenvalue weighted by Crippen LogP contribution is -2.78. The van der Waals surface area contributed by atoms with Crippen molar-refractivity contribution in [3.05, 3.63) is 89.9 Å². The first-order chi connectivity index (χ1) is 18.8. The first-order valence-electron chi connectivity index (χ1n) is 13.3. The van der Waals surface area contributed by atoms with Crippen molar-refractivity contribution in [2.75, 3.05) is 13.6 Å². The average molecular weight is 547 g/mol. The van der Waals surface area contributed by atoms with E-state index in [0.717, 1.165) is 22.4 Å². The van der Waals surface area contributed by atoms with Crippen LogP contribution in [0, 0.1) is 0 Å². The molecule has 39 heavy (non-hydrogen) atoms. The lowest BCUT2D eigenvalue weighted by atomic mass is 9.48. The summed E-state index contributed by atoms with van der Waals surface area (Å²) >= 11 is 0. The van der Waals surface area contributed by atoms with Gasteiger partial charge in [-0.3, -0.25) is 4.79 Å². The van der Waals surface area contributed by atoms with Crippen LogP contribution in [0.3, 0.4) is 0 Å². The Kier molecular flexibility index (Phi) is 5.40. The van der Waals surface area contributed by atoms with E-state index in [2.05, 4.69) is 0 Å². The van der Waals surface area contributed by atoms with Crippen LogP contribution in [-0.2, 0) is 26.7 Å². The number of rotatable bonds is 5. The Morgan fingerprint density at radius 3 is 2.72 bits per heavy atom. The second-order valence-electron chi connectivity index (χ2n) is 11.1. The Morgan fingerprint density at radius 1 is 1.13 bits per heavy atom. The fourth-order valence-electron chi connectivity index (χ4n) is 7.68. The predicted octanol–water partition coefficient (Wildman–Crippen LogP) is 3.36. The van der Waals surface area contributed by atoms with Crippen LogP contribution in [0.4, 0.5) is 0 Å². The van der Waals surface area contributed by atoms with Gasteiger partial charge < -0.3 is 19.2 Å². The van der Waals surface area contributed by atoms with Crippen molar-refractivity contribution >= 4 is 22.0 Å².